The third kappa shape index (κ3) is 6.57. The molecular formula is C23H29N3O4. The quantitative estimate of drug-likeness (QED) is 0.516. The van der Waals surface area contributed by atoms with Crippen LogP contribution in [0.5, 0.6) is 11.5 Å². The van der Waals surface area contributed by atoms with Gasteiger partial charge in [0.05, 0.1) is 0 Å². The summed E-state index contributed by atoms with van der Waals surface area (Å²) >= 11 is 0. The standard InChI is InChI=1S/C23H29N3O4/c1-17(2)26(13-19-9-5-4-6-10-19)14-20(27)15-28-21-11-7-8-12-22(21)29-16-23-24-18(3)25-30-23/h4-12,17,20,27H,13-16H2,1-3H3/t20-/m1/s1. The van der Waals surface area contributed by atoms with Crippen molar-refractivity contribution in [3.8, 4) is 11.5 Å². The summed E-state index contributed by atoms with van der Waals surface area (Å²) in [6.07, 6.45) is -0.636. The number of aliphatic hydroxyl groups is 1. The predicted molar refractivity (Wildman–Crippen MR) is 113 cm³/mol. The zero-order chi connectivity index (χ0) is 21.3. The number of aromatic nitrogens is 2. The summed E-state index contributed by atoms with van der Waals surface area (Å²) in [4.78, 5) is 6.35. The zero-order valence-corrected chi connectivity index (χ0v) is 17.7. The van der Waals surface area contributed by atoms with E-state index in [0.29, 0.717) is 35.8 Å². The van der Waals surface area contributed by atoms with Gasteiger partial charge in [0.1, 0.15) is 12.7 Å². The van der Waals surface area contributed by atoms with Gasteiger partial charge in [0.15, 0.2) is 23.9 Å². The fourth-order valence-electron chi connectivity index (χ4n) is 3.01. The summed E-state index contributed by atoms with van der Waals surface area (Å²) < 4.78 is 16.7. The summed E-state index contributed by atoms with van der Waals surface area (Å²) in [5.41, 5.74) is 1.22. The van der Waals surface area contributed by atoms with Crippen LogP contribution >= 0.6 is 0 Å². The molecule has 0 spiro atoms. The third-order valence-electron chi connectivity index (χ3n) is 4.61. The largest absolute Gasteiger partial charge is 0.487 e. The van der Waals surface area contributed by atoms with E-state index in [4.69, 9.17) is 14.0 Å². The highest BCUT2D eigenvalue weighted by Crippen LogP contribution is 2.27. The maximum atomic E-state index is 10.6. The Kier molecular flexibility index (Phi) is 7.82. The van der Waals surface area contributed by atoms with E-state index in [1.807, 2.05) is 36.4 Å². The van der Waals surface area contributed by atoms with Crippen LogP contribution in [-0.2, 0) is 13.2 Å². The number of hydrogen-bond donors (Lipinski definition) is 1. The number of ether oxygens (including phenoxy) is 2. The van der Waals surface area contributed by atoms with Gasteiger partial charge in [0, 0.05) is 19.1 Å². The monoisotopic (exact) mass is 411 g/mol. The molecular weight excluding hydrogens is 382 g/mol. The highest BCUT2D eigenvalue weighted by atomic mass is 16.5. The lowest BCUT2D eigenvalue weighted by Gasteiger charge is -2.29. The van der Waals surface area contributed by atoms with Crippen LogP contribution in [-0.4, -0.2) is 45.4 Å². The smallest absolute Gasteiger partial charge is 0.264 e. The Bertz CT molecular complexity index is 898. The van der Waals surface area contributed by atoms with Crippen LogP contribution in [0, 0.1) is 6.92 Å². The molecule has 30 heavy (non-hydrogen) atoms. The average Bonchev–Trinajstić information content (AvgIpc) is 3.16. The van der Waals surface area contributed by atoms with Gasteiger partial charge in [0.25, 0.3) is 5.89 Å². The lowest BCUT2D eigenvalue weighted by Crippen LogP contribution is -2.39. The number of para-hydroxylation sites is 2. The number of hydrogen-bond acceptors (Lipinski definition) is 7. The molecule has 1 N–H and O–H groups in total. The maximum Gasteiger partial charge on any atom is 0.264 e. The van der Waals surface area contributed by atoms with Gasteiger partial charge >= 0.3 is 0 Å². The molecule has 0 aliphatic heterocycles. The Morgan fingerprint density at radius 3 is 2.30 bits per heavy atom. The Balaban J connectivity index is 1.53. The van der Waals surface area contributed by atoms with Crippen molar-refractivity contribution in [3.05, 3.63) is 71.9 Å². The molecule has 0 aliphatic rings. The number of aliphatic hydroxyl groups excluding tert-OH is 1. The van der Waals surface area contributed by atoms with Crippen molar-refractivity contribution in [2.45, 2.75) is 46.1 Å². The van der Waals surface area contributed by atoms with Crippen molar-refractivity contribution >= 4 is 0 Å². The minimum absolute atomic E-state index is 0.155. The van der Waals surface area contributed by atoms with Crippen molar-refractivity contribution in [1.82, 2.24) is 15.0 Å². The fraction of sp³-hybridized carbons (Fsp3) is 0.391. The van der Waals surface area contributed by atoms with E-state index >= 15 is 0 Å². The first-order chi connectivity index (χ1) is 14.5. The number of nitrogens with zero attached hydrogens (tertiary/aromatic N) is 3. The summed E-state index contributed by atoms with van der Waals surface area (Å²) in [5, 5.41) is 14.3. The molecule has 1 heterocycles. The molecule has 0 aliphatic carbocycles. The Labute approximate surface area is 177 Å². The summed E-state index contributed by atoms with van der Waals surface area (Å²) in [7, 11) is 0. The van der Waals surface area contributed by atoms with E-state index < -0.39 is 6.10 Å². The Morgan fingerprint density at radius 1 is 1.00 bits per heavy atom. The second-order valence-corrected chi connectivity index (χ2v) is 7.44. The SMILES string of the molecule is Cc1noc(COc2ccccc2OC[C@H](O)CN(Cc2ccccc2)C(C)C)n1. The van der Waals surface area contributed by atoms with Gasteiger partial charge in [-0.25, -0.2) is 0 Å². The minimum Gasteiger partial charge on any atom is -0.487 e. The topological polar surface area (TPSA) is 80.9 Å². The molecule has 0 saturated heterocycles. The van der Waals surface area contributed by atoms with Crippen LogP contribution in [0.2, 0.25) is 0 Å². The van der Waals surface area contributed by atoms with E-state index in [1.165, 1.54) is 5.56 Å². The number of benzene rings is 2. The van der Waals surface area contributed by atoms with Crippen LogP contribution in [0.3, 0.4) is 0 Å². The normalized spacial score (nSPS) is 12.3. The second-order valence-electron chi connectivity index (χ2n) is 7.44. The number of rotatable bonds is 11. The molecule has 0 radical (unpaired) electrons. The molecule has 0 saturated carbocycles. The zero-order valence-electron chi connectivity index (χ0n) is 17.7. The van der Waals surface area contributed by atoms with E-state index in [9.17, 15) is 5.11 Å². The molecule has 7 nitrogen and oxygen atoms in total. The van der Waals surface area contributed by atoms with Crippen molar-refractivity contribution in [2.24, 2.45) is 0 Å². The van der Waals surface area contributed by atoms with Crippen LogP contribution in [0.4, 0.5) is 0 Å². The predicted octanol–water partition coefficient (Wildman–Crippen LogP) is 3.61. The van der Waals surface area contributed by atoms with Crippen LogP contribution in [0.1, 0.15) is 31.1 Å². The maximum absolute atomic E-state index is 10.6. The second kappa shape index (κ2) is 10.8. The van der Waals surface area contributed by atoms with Crippen LogP contribution < -0.4 is 9.47 Å². The van der Waals surface area contributed by atoms with E-state index in [0.717, 1.165) is 6.54 Å². The first kappa shape index (κ1) is 21.8. The molecule has 1 atom stereocenters. The molecule has 1 aromatic heterocycles. The fourth-order valence-corrected chi connectivity index (χ4v) is 3.01. The summed E-state index contributed by atoms with van der Waals surface area (Å²) in [5.74, 6) is 2.08. The van der Waals surface area contributed by atoms with Crippen LogP contribution in [0.25, 0.3) is 0 Å². The Morgan fingerprint density at radius 2 is 1.67 bits per heavy atom. The molecule has 2 aromatic carbocycles. The van der Waals surface area contributed by atoms with Gasteiger partial charge in [-0.2, -0.15) is 4.98 Å². The van der Waals surface area contributed by atoms with Crippen LogP contribution in [0.15, 0.2) is 59.1 Å². The molecule has 0 unspecified atom stereocenters. The van der Waals surface area contributed by atoms with Gasteiger partial charge in [-0.1, -0.05) is 47.6 Å². The lowest BCUT2D eigenvalue weighted by atomic mass is 10.1. The van der Waals surface area contributed by atoms with Gasteiger partial charge in [0.2, 0.25) is 0 Å². The first-order valence-electron chi connectivity index (χ1n) is 10.1. The molecule has 0 fully saturated rings. The van der Waals surface area contributed by atoms with Gasteiger partial charge in [-0.3, -0.25) is 4.90 Å². The Hall–Kier alpha value is -2.90. The first-order valence-corrected chi connectivity index (χ1v) is 10.1. The summed E-state index contributed by atoms with van der Waals surface area (Å²) in [6, 6.07) is 17.9. The van der Waals surface area contributed by atoms with Crippen molar-refractivity contribution < 1.29 is 19.1 Å². The lowest BCUT2D eigenvalue weighted by molar-refractivity contribution is 0.0530. The third-order valence-corrected chi connectivity index (χ3v) is 4.61. The molecule has 3 rings (SSSR count). The highest BCUT2D eigenvalue weighted by molar-refractivity contribution is 5.39. The molecule has 3 aromatic rings. The van der Waals surface area contributed by atoms with Crippen molar-refractivity contribution in [1.29, 1.82) is 0 Å². The van der Waals surface area contributed by atoms with Crippen molar-refractivity contribution in [3.63, 3.8) is 0 Å². The molecule has 160 valence electrons. The average molecular weight is 412 g/mol. The minimum atomic E-state index is -0.636. The molecule has 7 heteroatoms. The van der Waals surface area contributed by atoms with E-state index in [-0.39, 0.29) is 13.2 Å². The number of aryl methyl sites for hydroxylation is 1. The van der Waals surface area contributed by atoms with E-state index in [1.54, 1.807) is 13.0 Å². The van der Waals surface area contributed by atoms with Gasteiger partial charge in [-0.05, 0) is 38.5 Å². The summed E-state index contributed by atoms with van der Waals surface area (Å²) in [6.45, 7) is 7.61. The van der Waals surface area contributed by atoms with Crippen molar-refractivity contribution in [2.75, 3.05) is 13.2 Å². The van der Waals surface area contributed by atoms with Gasteiger partial charge in [-0.15, -0.1) is 0 Å². The highest BCUT2D eigenvalue weighted by Gasteiger charge is 2.17. The molecule has 0 bridgehead atoms. The van der Waals surface area contributed by atoms with E-state index in [2.05, 4.69) is 41.0 Å². The van der Waals surface area contributed by atoms with Gasteiger partial charge < -0.3 is 19.1 Å². The molecule has 0 amide bonds.